The molecule has 0 fully saturated rings. The predicted octanol–water partition coefficient (Wildman–Crippen LogP) is 5.60. The Morgan fingerprint density at radius 1 is 0.708 bits per heavy atom. The van der Waals surface area contributed by atoms with Crippen LogP contribution in [0.15, 0.2) is 72.9 Å². The number of aromatic nitrogens is 1. The summed E-state index contributed by atoms with van der Waals surface area (Å²) >= 11 is 0. The lowest BCUT2D eigenvalue weighted by Crippen LogP contribution is -2.37. The largest absolute Gasteiger partial charge is 0.256 e. The van der Waals surface area contributed by atoms with E-state index in [9.17, 15) is 0 Å². The maximum absolute atomic E-state index is 4.74. The lowest BCUT2D eigenvalue weighted by Gasteiger charge is -2.16. The molecule has 4 rings (SSSR count). The lowest BCUT2D eigenvalue weighted by atomic mass is 9.99. The molecule has 118 valence electrons. The van der Waals surface area contributed by atoms with Gasteiger partial charge in [-0.2, -0.15) is 0 Å². The van der Waals surface area contributed by atoms with Gasteiger partial charge in [0.2, 0.25) is 0 Å². The van der Waals surface area contributed by atoms with Gasteiger partial charge in [-0.25, -0.2) is 0 Å². The number of hydrogen-bond acceptors (Lipinski definition) is 1. The fourth-order valence-electron chi connectivity index (χ4n) is 3.17. The first-order valence-corrected chi connectivity index (χ1v) is 11.9. The van der Waals surface area contributed by atoms with Crippen molar-refractivity contribution in [1.29, 1.82) is 0 Å². The quantitative estimate of drug-likeness (QED) is 0.345. The first kappa shape index (κ1) is 15.1. The van der Waals surface area contributed by atoms with Crippen LogP contribution in [0.1, 0.15) is 0 Å². The molecule has 24 heavy (non-hydrogen) atoms. The zero-order valence-corrected chi connectivity index (χ0v) is 15.4. The average molecular weight is 328 g/mol. The highest BCUT2D eigenvalue weighted by Gasteiger charge is 2.16. The first-order valence-electron chi connectivity index (χ1n) is 8.41. The average Bonchev–Trinajstić information content (AvgIpc) is 2.60. The third-order valence-electron chi connectivity index (χ3n) is 4.67. The molecule has 0 N–H and O–H groups in total. The minimum absolute atomic E-state index is 1.05. The molecule has 0 atom stereocenters. The Bertz CT molecular complexity index is 1030. The van der Waals surface area contributed by atoms with E-state index in [1.807, 2.05) is 0 Å². The molecule has 1 heterocycles. The summed E-state index contributed by atoms with van der Waals surface area (Å²) in [5.74, 6) is 0. The van der Waals surface area contributed by atoms with Crippen molar-refractivity contribution in [3.8, 4) is 11.3 Å². The third-order valence-corrected chi connectivity index (χ3v) is 6.70. The Morgan fingerprint density at radius 3 is 2.12 bits per heavy atom. The van der Waals surface area contributed by atoms with Crippen molar-refractivity contribution in [3.05, 3.63) is 72.9 Å². The molecule has 2 heteroatoms. The second kappa shape index (κ2) is 5.57. The van der Waals surface area contributed by atoms with Crippen LogP contribution in [0.3, 0.4) is 0 Å². The van der Waals surface area contributed by atoms with Crippen molar-refractivity contribution < 1.29 is 0 Å². The lowest BCUT2D eigenvalue weighted by molar-refractivity contribution is 1.34. The molecular formula is C22H21NSi. The fraction of sp³-hybridized carbons (Fsp3) is 0.136. The SMILES string of the molecule is C[Si](C)(C)c1ccc(-c2ccc3ccc4ccccc4c3c2)nc1. The second-order valence-electron chi connectivity index (χ2n) is 7.40. The van der Waals surface area contributed by atoms with Gasteiger partial charge in [-0.05, 0) is 38.9 Å². The number of benzene rings is 3. The number of hydrogen-bond donors (Lipinski definition) is 0. The smallest absolute Gasteiger partial charge is 0.0796 e. The molecule has 4 aromatic rings. The summed E-state index contributed by atoms with van der Waals surface area (Å²) in [7, 11) is -1.30. The van der Waals surface area contributed by atoms with Crippen LogP contribution in [0, 0.1) is 0 Å². The molecule has 0 aliphatic rings. The molecule has 0 amide bonds. The van der Waals surface area contributed by atoms with E-state index in [0.29, 0.717) is 0 Å². The van der Waals surface area contributed by atoms with Gasteiger partial charge in [-0.15, -0.1) is 0 Å². The van der Waals surface area contributed by atoms with E-state index in [-0.39, 0.29) is 0 Å². The van der Waals surface area contributed by atoms with Crippen LogP contribution in [0.5, 0.6) is 0 Å². The molecule has 0 saturated carbocycles. The third kappa shape index (κ3) is 2.63. The van der Waals surface area contributed by atoms with Crippen LogP contribution in [0.4, 0.5) is 0 Å². The van der Waals surface area contributed by atoms with E-state index in [0.717, 1.165) is 5.69 Å². The standard InChI is InChI=1S/C22H21NSi/c1-24(2,3)19-12-13-22(23-15-19)18-11-10-17-9-8-16-6-4-5-7-20(16)21(17)14-18/h4-15H,1-3H3. The number of pyridine rings is 1. The minimum atomic E-state index is -1.30. The van der Waals surface area contributed by atoms with Crippen molar-refractivity contribution in [2.75, 3.05) is 0 Å². The highest BCUT2D eigenvalue weighted by atomic mass is 28.3. The van der Waals surface area contributed by atoms with Gasteiger partial charge in [0.1, 0.15) is 0 Å². The molecule has 1 nitrogen and oxygen atoms in total. The number of rotatable bonds is 2. The van der Waals surface area contributed by atoms with E-state index in [1.165, 1.54) is 32.3 Å². The summed E-state index contributed by atoms with van der Waals surface area (Å²) in [5, 5.41) is 6.55. The molecule has 0 aliphatic carbocycles. The molecule has 0 spiro atoms. The Balaban J connectivity index is 1.86. The van der Waals surface area contributed by atoms with Gasteiger partial charge in [-0.1, -0.05) is 74.2 Å². The van der Waals surface area contributed by atoms with Crippen LogP contribution in [-0.2, 0) is 0 Å². The predicted molar refractivity (Wildman–Crippen MR) is 108 cm³/mol. The summed E-state index contributed by atoms with van der Waals surface area (Å²) in [6.07, 6.45) is 2.06. The molecule has 1 aromatic heterocycles. The van der Waals surface area contributed by atoms with Crippen LogP contribution in [0.2, 0.25) is 19.6 Å². The van der Waals surface area contributed by atoms with Crippen molar-refractivity contribution in [2.45, 2.75) is 19.6 Å². The minimum Gasteiger partial charge on any atom is -0.256 e. The summed E-state index contributed by atoms with van der Waals surface area (Å²) in [5.41, 5.74) is 2.23. The number of fused-ring (bicyclic) bond motifs is 3. The summed E-state index contributed by atoms with van der Waals surface area (Å²) in [6.45, 7) is 7.06. The topological polar surface area (TPSA) is 12.9 Å². The van der Waals surface area contributed by atoms with Gasteiger partial charge < -0.3 is 0 Å². The van der Waals surface area contributed by atoms with Crippen molar-refractivity contribution in [3.63, 3.8) is 0 Å². The van der Waals surface area contributed by atoms with Gasteiger partial charge >= 0.3 is 0 Å². The Kier molecular flexibility index (Phi) is 3.50. The highest BCUT2D eigenvalue weighted by Crippen LogP contribution is 2.29. The molecular weight excluding hydrogens is 306 g/mol. The highest BCUT2D eigenvalue weighted by molar-refractivity contribution is 6.88. The first-order chi connectivity index (χ1) is 11.5. The van der Waals surface area contributed by atoms with Crippen molar-refractivity contribution in [2.24, 2.45) is 0 Å². The van der Waals surface area contributed by atoms with Crippen LogP contribution < -0.4 is 5.19 Å². The fourth-order valence-corrected chi connectivity index (χ4v) is 4.20. The van der Waals surface area contributed by atoms with E-state index < -0.39 is 8.07 Å². The maximum Gasteiger partial charge on any atom is 0.0796 e. The maximum atomic E-state index is 4.74. The van der Waals surface area contributed by atoms with Crippen molar-refractivity contribution in [1.82, 2.24) is 4.98 Å². The molecule has 0 radical (unpaired) electrons. The van der Waals surface area contributed by atoms with Gasteiger partial charge in [0.05, 0.1) is 13.8 Å². The van der Waals surface area contributed by atoms with Gasteiger partial charge in [0, 0.05) is 11.8 Å². The Hall–Kier alpha value is -2.45. The monoisotopic (exact) mass is 327 g/mol. The van der Waals surface area contributed by atoms with Gasteiger partial charge in [-0.3, -0.25) is 4.98 Å². The van der Waals surface area contributed by atoms with E-state index in [2.05, 4.69) is 92.6 Å². The Morgan fingerprint density at radius 2 is 1.42 bits per heavy atom. The van der Waals surface area contributed by atoms with Crippen LogP contribution >= 0.6 is 0 Å². The van der Waals surface area contributed by atoms with E-state index in [4.69, 9.17) is 4.98 Å². The van der Waals surface area contributed by atoms with Crippen LogP contribution in [-0.4, -0.2) is 13.1 Å². The van der Waals surface area contributed by atoms with Gasteiger partial charge in [0.25, 0.3) is 0 Å². The van der Waals surface area contributed by atoms with Gasteiger partial charge in [0.15, 0.2) is 0 Å². The molecule has 0 unspecified atom stereocenters. The Labute approximate surface area is 144 Å². The van der Waals surface area contributed by atoms with Crippen LogP contribution in [0.25, 0.3) is 32.8 Å². The second-order valence-corrected chi connectivity index (χ2v) is 12.5. The molecule has 3 aromatic carbocycles. The summed E-state index contributed by atoms with van der Waals surface area (Å²) in [6, 6.07) is 24.0. The zero-order valence-electron chi connectivity index (χ0n) is 14.4. The molecule has 0 saturated heterocycles. The summed E-state index contributed by atoms with van der Waals surface area (Å²) in [4.78, 5) is 4.74. The summed E-state index contributed by atoms with van der Waals surface area (Å²) < 4.78 is 0. The normalized spacial score (nSPS) is 12.0. The van der Waals surface area contributed by atoms with E-state index >= 15 is 0 Å². The molecule has 0 bridgehead atoms. The molecule has 0 aliphatic heterocycles. The van der Waals surface area contributed by atoms with Crippen molar-refractivity contribution >= 4 is 34.8 Å². The van der Waals surface area contributed by atoms with E-state index in [1.54, 1.807) is 0 Å². The number of nitrogens with zero attached hydrogens (tertiary/aromatic N) is 1. The zero-order chi connectivity index (χ0) is 16.7.